The molecule has 1 aromatic rings. The zero-order valence-electron chi connectivity index (χ0n) is 9.76. The van der Waals surface area contributed by atoms with E-state index in [1.54, 1.807) is 19.5 Å². The predicted octanol–water partition coefficient (Wildman–Crippen LogP) is 0.659. The van der Waals surface area contributed by atoms with Crippen LogP contribution in [0.4, 0.5) is 5.82 Å². The number of anilines is 1. The lowest BCUT2D eigenvalue weighted by molar-refractivity contribution is 0.375. The summed E-state index contributed by atoms with van der Waals surface area (Å²) in [6.45, 7) is 4.04. The Morgan fingerprint density at radius 1 is 1.50 bits per heavy atom. The Kier molecular flexibility index (Phi) is 3.24. The first-order valence-electron chi connectivity index (χ1n) is 5.57. The van der Waals surface area contributed by atoms with Crippen LogP contribution in [0.1, 0.15) is 13.3 Å². The zero-order chi connectivity index (χ0) is 11.5. The maximum absolute atomic E-state index is 5.99. The molecule has 1 saturated heterocycles. The molecule has 0 aliphatic carbocycles. The van der Waals surface area contributed by atoms with Gasteiger partial charge in [-0.3, -0.25) is 4.98 Å². The highest BCUT2D eigenvalue weighted by atomic mass is 16.5. The molecular weight excluding hydrogens is 204 g/mol. The maximum atomic E-state index is 5.99. The van der Waals surface area contributed by atoms with Crippen LogP contribution in [0.2, 0.25) is 0 Å². The molecule has 0 bridgehead atoms. The fraction of sp³-hybridized carbons (Fsp3) is 0.636. The summed E-state index contributed by atoms with van der Waals surface area (Å²) in [4.78, 5) is 10.7. The third-order valence-corrected chi connectivity index (χ3v) is 3.10. The Morgan fingerprint density at radius 2 is 2.31 bits per heavy atom. The average molecular weight is 222 g/mol. The summed E-state index contributed by atoms with van der Waals surface area (Å²) in [7, 11) is 1.60. The summed E-state index contributed by atoms with van der Waals surface area (Å²) in [6, 6.07) is 0.301. The van der Waals surface area contributed by atoms with E-state index in [0.717, 1.165) is 25.3 Å². The molecule has 5 nitrogen and oxygen atoms in total. The number of methoxy groups -OCH3 is 1. The minimum atomic E-state index is 0.301. The van der Waals surface area contributed by atoms with Gasteiger partial charge in [0.15, 0.2) is 5.82 Å². The zero-order valence-corrected chi connectivity index (χ0v) is 9.76. The Labute approximate surface area is 95.6 Å². The second-order valence-electron chi connectivity index (χ2n) is 4.30. The van der Waals surface area contributed by atoms with E-state index in [1.165, 1.54) is 0 Å². The van der Waals surface area contributed by atoms with Crippen LogP contribution in [0.5, 0.6) is 5.88 Å². The molecule has 2 atom stereocenters. The van der Waals surface area contributed by atoms with Gasteiger partial charge in [0.2, 0.25) is 5.88 Å². The van der Waals surface area contributed by atoms with Gasteiger partial charge in [-0.25, -0.2) is 0 Å². The normalized spacial score (nSPS) is 25.6. The lowest BCUT2D eigenvalue weighted by Gasteiger charge is -2.35. The number of aromatic nitrogens is 2. The minimum Gasteiger partial charge on any atom is -0.480 e. The Morgan fingerprint density at radius 3 is 3.00 bits per heavy atom. The number of nitrogens with two attached hydrogens (primary N) is 1. The third-order valence-electron chi connectivity index (χ3n) is 3.10. The van der Waals surface area contributed by atoms with Crippen molar-refractivity contribution in [1.29, 1.82) is 0 Å². The topological polar surface area (TPSA) is 64.3 Å². The van der Waals surface area contributed by atoms with Crippen LogP contribution in [-0.4, -0.2) is 36.2 Å². The van der Waals surface area contributed by atoms with Crippen LogP contribution in [0.3, 0.4) is 0 Å². The van der Waals surface area contributed by atoms with E-state index in [9.17, 15) is 0 Å². The lowest BCUT2D eigenvalue weighted by atomic mass is 9.95. The molecule has 1 aliphatic heterocycles. The number of nitrogens with zero attached hydrogens (tertiary/aromatic N) is 3. The van der Waals surface area contributed by atoms with Crippen LogP contribution in [0.25, 0.3) is 0 Å². The van der Waals surface area contributed by atoms with Crippen molar-refractivity contribution in [2.24, 2.45) is 11.7 Å². The van der Waals surface area contributed by atoms with Crippen LogP contribution in [0, 0.1) is 5.92 Å². The smallest absolute Gasteiger partial charge is 0.233 e. The van der Waals surface area contributed by atoms with E-state index in [0.29, 0.717) is 17.8 Å². The van der Waals surface area contributed by atoms with Gasteiger partial charge in [0.05, 0.1) is 19.5 Å². The van der Waals surface area contributed by atoms with Gasteiger partial charge >= 0.3 is 0 Å². The van der Waals surface area contributed by atoms with Crippen molar-refractivity contribution in [3.8, 4) is 5.88 Å². The molecule has 5 heteroatoms. The largest absolute Gasteiger partial charge is 0.480 e. The molecule has 0 radical (unpaired) electrons. The van der Waals surface area contributed by atoms with Gasteiger partial charge in [-0.1, -0.05) is 6.92 Å². The molecule has 2 heterocycles. The number of hydrogen-bond donors (Lipinski definition) is 1. The van der Waals surface area contributed by atoms with E-state index < -0.39 is 0 Å². The van der Waals surface area contributed by atoms with E-state index in [1.807, 2.05) is 0 Å². The molecule has 2 rings (SSSR count). The minimum absolute atomic E-state index is 0.301. The first kappa shape index (κ1) is 11.1. The van der Waals surface area contributed by atoms with Gasteiger partial charge < -0.3 is 15.4 Å². The van der Waals surface area contributed by atoms with Crippen molar-refractivity contribution in [3.63, 3.8) is 0 Å². The molecule has 2 N–H and O–H groups in total. The SMILES string of the molecule is COc1cncc(N2CCC(N)C(C)C2)n1. The van der Waals surface area contributed by atoms with Gasteiger partial charge in [0, 0.05) is 19.1 Å². The summed E-state index contributed by atoms with van der Waals surface area (Å²) in [6.07, 6.45) is 4.38. The van der Waals surface area contributed by atoms with Crippen molar-refractivity contribution in [2.75, 3.05) is 25.1 Å². The van der Waals surface area contributed by atoms with Gasteiger partial charge in [-0.15, -0.1) is 0 Å². The van der Waals surface area contributed by atoms with Crippen LogP contribution >= 0.6 is 0 Å². The Hall–Kier alpha value is -1.36. The maximum Gasteiger partial charge on any atom is 0.233 e. The highest BCUT2D eigenvalue weighted by Gasteiger charge is 2.24. The van der Waals surface area contributed by atoms with Crippen molar-refractivity contribution in [2.45, 2.75) is 19.4 Å². The molecule has 1 aromatic heterocycles. The van der Waals surface area contributed by atoms with Gasteiger partial charge in [0.25, 0.3) is 0 Å². The Balaban J connectivity index is 2.12. The van der Waals surface area contributed by atoms with Gasteiger partial charge in [-0.05, 0) is 12.3 Å². The second-order valence-corrected chi connectivity index (χ2v) is 4.30. The van der Waals surface area contributed by atoms with E-state index in [2.05, 4.69) is 21.8 Å². The number of ether oxygens (including phenoxy) is 1. The van der Waals surface area contributed by atoms with Crippen LogP contribution < -0.4 is 15.4 Å². The second kappa shape index (κ2) is 4.65. The standard InChI is InChI=1S/C11H18N4O/c1-8-7-15(4-3-9(8)12)10-5-13-6-11(14-10)16-2/h5-6,8-9H,3-4,7,12H2,1-2H3. The average Bonchev–Trinajstić information content (AvgIpc) is 2.33. The molecule has 2 unspecified atom stereocenters. The molecule has 88 valence electrons. The number of hydrogen-bond acceptors (Lipinski definition) is 5. The van der Waals surface area contributed by atoms with Crippen molar-refractivity contribution >= 4 is 5.82 Å². The molecule has 1 fully saturated rings. The first-order chi connectivity index (χ1) is 7.70. The number of piperidine rings is 1. The highest BCUT2D eigenvalue weighted by Crippen LogP contribution is 2.21. The number of rotatable bonds is 2. The van der Waals surface area contributed by atoms with Crippen molar-refractivity contribution < 1.29 is 4.74 Å². The quantitative estimate of drug-likeness (QED) is 0.796. The molecule has 0 aromatic carbocycles. The van der Waals surface area contributed by atoms with Crippen LogP contribution in [0.15, 0.2) is 12.4 Å². The first-order valence-corrected chi connectivity index (χ1v) is 5.57. The van der Waals surface area contributed by atoms with E-state index >= 15 is 0 Å². The third kappa shape index (κ3) is 2.24. The van der Waals surface area contributed by atoms with Crippen molar-refractivity contribution in [1.82, 2.24) is 9.97 Å². The molecule has 16 heavy (non-hydrogen) atoms. The summed E-state index contributed by atoms with van der Waals surface area (Å²) in [5, 5.41) is 0. The summed E-state index contributed by atoms with van der Waals surface area (Å²) >= 11 is 0. The lowest BCUT2D eigenvalue weighted by Crippen LogP contribution is -2.46. The monoisotopic (exact) mass is 222 g/mol. The summed E-state index contributed by atoms with van der Waals surface area (Å²) < 4.78 is 5.07. The molecular formula is C11H18N4O. The molecule has 0 spiro atoms. The molecule has 0 saturated carbocycles. The van der Waals surface area contributed by atoms with E-state index in [4.69, 9.17) is 10.5 Å². The predicted molar refractivity (Wildman–Crippen MR) is 62.6 cm³/mol. The van der Waals surface area contributed by atoms with Crippen LogP contribution in [-0.2, 0) is 0 Å². The molecule has 1 aliphatic rings. The summed E-state index contributed by atoms with van der Waals surface area (Å²) in [5.74, 6) is 1.92. The van der Waals surface area contributed by atoms with Crippen molar-refractivity contribution in [3.05, 3.63) is 12.4 Å². The van der Waals surface area contributed by atoms with E-state index in [-0.39, 0.29) is 0 Å². The fourth-order valence-corrected chi connectivity index (χ4v) is 1.96. The fourth-order valence-electron chi connectivity index (χ4n) is 1.96. The highest BCUT2D eigenvalue weighted by molar-refractivity contribution is 5.38. The van der Waals surface area contributed by atoms with Gasteiger partial charge in [0.1, 0.15) is 0 Å². The summed E-state index contributed by atoms with van der Waals surface area (Å²) in [5.41, 5.74) is 5.99. The van der Waals surface area contributed by atoms with Gasteiger partial charge in [-0.2, -0.15) is 4.98 Å². The Bertz CT molecular complexity index is 358. The molecule has 0 amide bonds.